The normalized spacial score (nSPS) is 10.7. The van der Waals surface area contributed by atoms with Crippen molar-refractivity contribution in [3.05, 3.63) is 0 Å². The number of methoxy groups -OCH3 is 2. The average Bonchev–Trinajstić information content (AvgIpc) is 2.21. The van der Waals surface area contributed by atoms with E-state index in [2.05, 4.69) is 10.6 Å². The standard InChI is InChI=1S/C10H24N2O2/c1-13-9-4-3-5-11-6-7-12-8-10-14-2/h11-12H,3-10H2,1-2H3. The molecule has 4 nitrogen and oxygen atoms in total. The van der Waals surface area contributed by atoms with Gasteiger partial charge in [0.2, 0.25) is 0 Å². The number of ether oxygens (including phenoxy) is 2. The molecule has 0 aromatic carbocycles. The van der Waals surface area contributed by atoms with Crippen LogP contribution in [0.3, 0.4) is 0 Å². The van der Waals surface area contributed by atoms with Gasteiger partial charge >= 0.3 is 0 Å². The summed E-state index contributed by atoms with van der Waals surface area (Å²) in [5, 5.41) is 6.64. The second-order valence-electron chi connectivity index (χ2n) is 3.19. The van der Waals surface area contributed by atoms with Gasteiger partial charge < -0.3 is 20.1 Å². The average molecular weight is 204 g/mol. The lowest BCUT2D eigenvalue weighted by Gasteiger charge is -2.05. The number of nitrogens with one attached hydrogen (secondary N) is 2. The van der Waals surface area contributed by atoms with Crippen molar-refractivity contribution in [3.63, 3.8) is 0 Å². The van der Waals surface area contributed by atoms with Crippen LogP contribution in [0.15, 0.2) is 0 Å². The zero-order valence-corrected chi connectivity index (χ0v) is 9.47. The molecule has 86 valence electrons. The molecule has 0 aromatic heterocycles. The van der Waals surface area contributed by atoms with E-state index in [-0.39, 0.29) is 0 Å². The van der Waals surface area contributed by atoms with Crippen molar-refractivity contribution < 1.29 is 9.47 Å². The highest BCUT2D eigenvalue weighted by atomic mass is 16.5. The van der Waals surface area contributed by atoms with Crippen LogP contribution in [0.5, 0.6) is 0 Å². The molecule has 0 fully saturated rings. The summed E-state index contributed by atoms with van der Waals surface area (Å²) in [6.07, 6.45) is 2.33. The first kappa shape index (κ1) is 13.8. The highest BCUT2D eigenvalue weighted by Gasteiger charge is 1.89. The zero-order chi connectivity index (χ0) is 10.5. The molecule has 0 aliphatic rings. The molecule has 0 unspecified atom stereocenters. The molecule has 0 aromatic rings. The third kappa shape index (κ3) is 11.8. The summed E-state index contributed by atoms with van der Waals surface area (Å²) in [6, 6.07) is 0. The van der Waals surface area contributed by atoms with Gasteiger partial charge in [-0.1, -0.05) is 0 Å². The molecular formula is C10H24N2O2. The van der Waals surface area contributed by atoms with Crippen molar-refractivity contribution in [1.29, 1.82) is 0 Å². The molecule has 14 heavy (non-hydrogen) atoms. The van der Waals surface area contributed by atoms with Crippen LogP contribution in [-0.4, -0.2) is 53.6 Å². The second-order valence-corrected chi connectivity index (χ2v) is 3.19. The van der Waals surface area contributed by atoms with Crippen LogP contribution < -0.4 is 10.6 Å². The maximum absolute atomic E-state index is 4.96. The van der Waals surface area contributed by atoms with Crippen LogP contribution in [0.2, 0.25) is 0 Å². The predicted octanol–water partition coefficient (Wildman–Crippen LogP) is 0.239. The zero-order valence-electron chi connectivity index (χ0n) is 9.47. The molecule has 0 amide bonds. The van der Waals surface area contributed by atoms with Crippen molar-refractivity contribution in [3.8, 4) is 0 Å². The van der Waals surface area contributed by atoms with Gasteiger partial charge in [0.05, 0.1) is 6.61 Å². The molecule has 4 heteroatoms. The molecular weight excluding hydrogens is 180 g/mol. The van der Waals surface area contributed by atoms with Crippen molar-refractivity contribution in [1.82, 2.24) is 10.6 Å². The number of rotatable bonds is 11. The molecule has 0 bridgehead atoms. The van der Waals surface area contributed by atoms with Gasteiger partial charge in [-0.05, 0) is 19.4 Å². The van der Waals surface area contributed by atoms with Crippen molar-refractivity contribution >= 4 is 0 Å². The van der Waals surface area contributed by atoms with Crippen molar-refractivity contribution in [2.45, 2.75) is 12.8 Å². The molecule has 0 spiro atoms. The van der Waals surface area contributed by atoms with E-state index in [4.69, 9.17) is 9.47 Å². The van der Waals surface area contributed by atoms with E-state index in [9.17, 15) is 0 Å². The quantitative estimate of drug-likeness (QED) is 0.473. The van der Waals surface area contributed by atoms with Gasteiger partial charge in [-0.15, -0.1) is 0 Å². The van der Waals surface area contributed by atoms with Crippen LogP contribution in [-0.2, 0) is 9.47 Å². The summed E-state index contributed by atoms with van der Waals surface area (Å²) in [4.78, 5) is 0. The van der Waals surface area contributed by atoms with Gasteiger partial charge in [0.1, 0.15) is 0 Å². The Kier molecular flexibility index (Phi) is 12.7. The SMILES string of the molecule is COCCCCNCCNCCOC. The van der Waals surface area contributed by atoms with E-state index < -0.39 is 0 Å². The maximum atomic E-state index is 4.96. The van der Waals surface area contributed by atoms with Crippen LogP contribution in [0, 0.1) is 0 Å². The summed E-state index contributed by atoms with van der Waals surface area (Å²) in [5.41, 5.74) is 0. The summed E-state index contributed by atoms with van der Waals surface area (Å²) in [6.45, 7) is 5.70. The van der Waals surface area contributed by atoms with E-state index >= 15 is 0 Å². The Morgan fingerprint density at radius 3 is 2.00 bits per heavy atom. The first-order chi connectivity index (χ1) is 6.91. The predicted molar refractivity (Wildman–Crippen MR) is 58.7 cm³/mol. The first-order valence-electron chi connectivity index (χ1n) is 5.31. The fraction of sp³-hybridized carbons (Fsp3) is 1.00. The Hall–Kier alpha value is -0.160. The van der Waals surface area contributed by atoms with E-state index in [1.807, 2.05) is 0 Å². The van der Waals surface area contributed by atoms with Crippen LogP contribution in [0.25, 0.3) is 0 Å². The van der Waals surface area contributed by atoms with Gasteiger partial charge in [-0.3, -0.25) is 0 Å². The number of unbranched alkanes of at least 4 members (excludes halogenated alkanes) is 1. The number of hydrogen-bond acceptors (Lipinski definition) is 4. The van der Waals surface area contributed by atoms with Gasteiger partial charge in [0, 0.05) is 40.5 Å². The molecule has 0 radical (unpaired) electrons. The highest BCUT2D eigenvalue weighted by molar-refractivity contribution is 4.52. The lowest BCUT2D eigenvalue weighted by molar-refractivity contribution is 0.192. The largest absolute Gasteiger partial charge is 0.385 e. The minimum Gasteiger partial charge on any atom is -0.385 e. The number of hydrogen-bond donors (Lipinski definition) is 2. The lowest BCUT2D eigenvalue weighted by Crippen LogP contribution is -2.29. The third-order valence-electron chi connectivity index (χ3n) is 1.91. The van der Waals surface area contributed by atoms with E-state index in [0.29, 0.717) is 0 Å². The van der Waals surface area contributed by atoms with Crippen molar-refractivity contribution in [2.24, 2.45) is 0 Å². The fourth-order valence-electron chi connectivity index (χ4n) is 1.10. The van der Waals surface area contributed by atoms with Crippen LogP contribution in [0.4, 0.5) is 0 Å². The van der Waals surface area contributed by atoms with E-state index in [0.717, 1.165) is 45.8 Å². The van der Waals surface area contributed by atoms with Gasteiger partial charge in [0.25, 0.3) is 0 Å². The molecule has 0 aliphatic carbocycles. The molecule has 0 aliphatic heterocycles. The van der Waals surface area contributed by atoms with Crippen LogP contribution in [0.1, 0.15) is 12.8 Å². The van der Waals surface area contributed by atoms with Gasteiger partial charge in [0.15, 0.2) is 0 Å². The molecule has 0 saturated heterocycles. The topological polar surface area (TPSA) is 42.5 Å². The minimum atomic E-state index is 0.786. The van der Waals surface area contributed by atoms with Gasteiger partial charge in [-0.2, -0.15) is 0 Å². The first-order valence-corrected chi connectivity index (χ1v) is 5.31. The Labute approximate surface area is 87.4 Å². The fourth-order valence-corrected chi connectivity index (χ4v) is 1.10. The smallest absolute Gasteiger partial charge is 0.0587 e. The summed E-state index contributed by atoms with van der Waals surface area (Å²) >= 11 is 0. The molecule has 2 N–H and O–H groups in total. The Morgan fingerprint density at radius 1 is 0.714 bits per heavy atom. The second kappa shape index (κ2) is 12.8. The Balaban J connectivity index is 2.78. The molecule has 0 saturated carbocycles. The third-order valence-corrected chi connectivity index (χ3v) is 1.91. The molecule has 0 atom stereocenters. The minimum absolute atomic E-state index is 0.786. The Morgan fingerprint density at radius 2 is 1.36 bits per heavy atom. The van der Waals surface area contributed by atoms with E-state index in [1.54, 1.807) is 14.2 Å². The van der Waals surface area contributed by atoms with Crippen LogP contribution >= 0.6 is 0 Å². The maximum Gasteiger partial charge on any atom is 0.0587 e. The summed E-state index contributed by atoms with van der Waals surface area (Å²) in [7, 11) is 3.46. The highest BCUT2D eigenvalue weighted by Crippen LogP contribution is 1.85. The van der Waals surface area contributed by atoms with Gasteiger partial charge in [-0.25, -0.2) is 0 Å². The Bertz CT molecular complexity index is 90.1. The molecule has 0 rings (SSSR count). The van der Waals surface area contributed by atoms with Crippen molar-refractivity contribution in [2.75, 3.05) is 53.6 Å². The summed E-state index contributed by atoms with van der Waals surface area (Å²) in [5.74, 6) is 0. The lowest BCUT2D eigenvalue weighted by atomic mass is 10.3. The monoisotopic (exact) mass is 204 g/mol. The van der Waals surface area contributed by atoms with E-state index in [1.165, 1.54) is 6.42 Å². The molecule has 0 heterocycles. The summed E-state index contributed by atoms with van der Waals surface area (Å²) < 4.78 is 9.88.